The summed E-state index contributed by atoms with van der Waals surface area (Å²) in [6, 6.07) is 10.1. The van der Waals surface area contributed by atoms with Crippen molar-refractivity contribution >= 4 is 5.97 Å². The number of nitrogens with one attached hydrogen (secondary N) is 1. The molecule has 0 aromatic heterocycles. The monoisotopic (exact) mass is 219 g/mol. The molecule has 0 bridgehead atoms. The van der Waals surface area contributed by atoms with Gasteiger partial charge in [0, 0.05) is 12.0 Å². The van der Waals surface area contributed by atoms with Gasteiger partial charge in [0.25, 0.3) is 0 Å². The third-order valence-corrected chi connectivity index (χ3v) is 3.48. The number of benzene rings is 1. The van der Waals surface area contributed by atoms with E-state index in [0.29, 0.717) is 0 Å². The van der Waals surface area contributed by atoms with E-state index in [2.05, 4.69) is 5.32 Å². The van der Waals surface area contributed by atoms with Crippen molar-refractivity contribution in [2.24, 2.45) is 0 Å². The molecule has 2 N–H and O–H groups in total. The van der Waals surface area contributed by atoms with Crippen LogP contribution in [0.2, 0.25) is 0 Å². The van der Waals surface area contributed by atoms with Gasteiger partial charge in [0.05, 0.1) is 0 Å². The molecule has 3 atom stereocenters. The fourth-order valence-electron chi connectivity index (χ4n) is 2.63. The maximum atomic E-state index is 11.4. The molecule has 0 radical (unpaired) electrons. The van der Waals surface area contributed by atoms with Gasteiger partial charge in [-0.15, -0.1) is 0 Å². The molecular formula is C13H17NO2. The number of carbonyl (C=O) groups is 1. The molecule has 1 aromatic carbocycles. The first kappa shape index (κ1) is 11.1. The quantitative estimate of drug-likeness (QED) is 0.799. The fraction of sp³-hybridized carbons (Fsp3) is 0.462. The molecule has 0 saturated carbocycles. The first-order valence-corrected chi connectivity index (χ1v) is 5.60. The lowest BCUT2D eigenvalue weighted by Gasteiger charge is -2.27. The van der Waals surface area contributed by atoms with Crippen molar-refractivity contribution in [1.29, 1.82) is 0 Å². The summed E-state index contributed by atoms with van der Waals surface area (Å²) in [5.74, 6) is -0.730. The van der Waals surface area contributed by atoms with Crippen LogP contribution in [0.5, 0.6) is 0 Å². The topological polar surface area (TPSA) is 49.3 Å². The van der Waals surface area contributed by atoms with Crippen molar-refractivity contribution < 1.29 is 9.90 Å². The van der Waals surface area contributed by atoms with E-state index in [0.717, 1.165) is 12.0 Å². The van der Waals surface area contributed by atoms with E-state index >= 15 is 0 Å². The van der Waals surface area contributed by atoms with Gasteiger partial charge in [-0.2, -0.15) is 0 Å². The Bertz CT molecular complexity index is 390. The Morgan fingerprint density at radius 3 is 2.62 bits per heavy atom. The highest BCUT2D eigenvalue weighted by Gasteiger charge is 2.48. The SMILES string of the molecule is CC1CC(c2ccccc2)[C@@](C)(C(=O)O)N1. The highest BCUT2D eigenvalue weighted by Crippen LogP contribution is 2.38. The van der Waals surface area contributed by atoms with Crippen LogP contribution in [0.15, 0.2) is 30.3 Å². The number of hydrogen-bond donors (Lipinski definition) is 2. The van der Waals surface area contributed by atoms with E-state index < -0.39 is 11.5 Å². The Labute approximate surface area is 95.5 Å². The van der Waals surface area contributed by atoms with Crippen LogP contribution in [0.4, 0.5) is 0 Å². The van der Waals surface area contributed by atoms with Crippen molar-refractivity contribution in [2.75, 3.05) is 0 Å². The molecule has 1 fully saturated rings. The van der Waals surface area contributed by atoms with Gasteiger partial charge < -0.3 is 5.11 Å². The zero-order valence-electron chi connectivity index (χ0n) is 9.60. The maximum absolute atomic E-state index is 11.4. The maximum Gasteiger partial charge on any atom is 0.324 e. The van der Waals surface area contributed by atoms with Crippen molar-refractivity contribution in [3.05, 3.63) is 35.9 Å². The highest BCUT2D eigenvalue weighted by atomic mass is 16.4. The average molecular weight is 219 g/mol. The number of hydrogen-bond acceptors (Lipinski definition) is 2. The number of carboxylic acid groups (broad SMARTS) is 1. The van der Waals surface area contributed by atoms with Crippen LogP contribution in [0.25, 0.3) is 0 Å². The Kier molecular flexibility index (Phi) is 2.72. The summed E-state index contributed by atoms with van der Waals surface area (Å²) in [4.78, 5) is 11.4. The molecule has 1 heterocycles. The van der Waals surface area contributed by atoms with E-state index in [9.17, 15) is 9.90 Å². The van der Waals surface area contributed by atoms with Crippen LogP contribution in [0.3, 0.4) is 0 Å². The minimum Gasteiger partial charge on any atom is -0.480 e. The zero-order chi connectivity index (χ0) is 11.8. The van der Waals surface area contributed by atoms with Crippen LogP contribution >= 0.6 is 0 Å². The standard InChI is InChI=1S/C13H17NO2/c1-9-8-11(10-6-4-3-5-7-10)13(2,14-9)12(15)16/h3-7,9,11,14H,8H2,1-2H3,(H,15,16)/t9?,11?,13-/m0/s1. The Morgan fingerprint density at radius 1 is 1.44 bits per heavy atom. The van der Waals surface area contributed by atoms with Gasteiger partial charge >= 0.3 is 5.97 Å². The minimum atomic E-state index is -0.846. The van der Waals surface area contributed by atoms with E-state index in [1.807, 2.05) is 37.3 Å². The summed E-state index contributed by atoms with van der Waals surface area (Å²) < 4.78 is 0. The third-order valence-electron chi connectivity index (χ3n) is 3.48. The molecule has 2 rings (SSSR count). The van der Waals surface area contributed by atoms with Gasteiger partial charge in [0.2, 0.25) is 0 Å². The predicted molar refractivity (Wildman–Crippen MR) is 62.4 cm³/mol. The summed E-state index contributed by atoms with van der Waals surface area (Å²) in [7, 11) is 0. The van der Waals surface area contributed by atoms with Gasteiger partial charge in [0.1, 0.15) is 5.54 Å². The summed E-state index contributed by atoms with van der Waals surface area (Å²) >= 11 is 0. The molecule has 86 valence electrons. The zero-order valence-corrected chi connectivity index (χ0v) is 9.60. The molecule has 2 unspecified atom stereocenters. The lowest BCUT2D eigenvalue weighted by atomic mass is 9.81. The van der Waals surface area contributed by atoms with Crippen LogP contribution in [0.1, 0.15) is 31.7 Å². The fourth-order valence-corrected chi connectivity index (χ4v) is 2.63. The van der Waals surface area contributed by atoms with E-state index in [-0.39, 0.29) is 12.0 Å². The Morgan fingerprint density at radius 2 is 2.06 bits per heavy atom. The smallest absolute Gasteiger partial charge is 0.324 e. The summed E-state index contributed by atoms with van der Waals surface area (Å²) in [6.07, 6.45) is 0.868. The van der Waals surface area contributed by atoms with Gasteiger partial charge in [-0.1, -0.05) is 30.3 Å². The van der Waals surface area contributed by atoms with Gasteiger partial charge in [-0.25, -0.2) is 0 Å². The van der Waals surface area contributed by atoms with E-state index in [4.69, 9.17) is 0 Å². The lowest BCUT2D eigenvalue weighted by Crippen LogP contribution is -2.49. The molecular weight excluding hydrogens is 202 g/mol. The van der Waals surface area contributed by atoms with Crippen LogP contribution in [-0.2, 0) is 4.79 Å². The second kappa shape index (κ2) is 3.91. The number of rotatable bonds is 2. The molecule has 1 aliphatic heterocycles. The molecule has 1 saturated heterocycles. The summed E-state index contributed by atoms with van der Waals surface area (Å²) in [6.45, 7) is 3.81. The number of carboxylic acids is 1. The minimum absolute atomic E-state index is 0.0428. The molecule has 0 aliphatic carbocycles. The first-order valence-electron chi connectivity index (χ1n) is 5.60. The molecule has 1 aromatic rings. The van der Waals surface area contributed by atoms with Crippen LogP contribution in [-0.4, -0.2) is 22.7 Å². The Hall–Kier alpha value is -1.35. The normalized spacial score (nSPS) is 33.9. The van der Waals surface area contributed by atoms with Crippen molar-refractivity contribution in [3.8, 4) is 0 Å². The summed E-state index contributed by atoms with van der Waals surface area (Å²) in [5.41, 5.74) is 0.255. The average Bonchev–Trinajstić information content (AvgIpc) is 2.57. The number of aliphatic carboxylic acids is 1. The van der Waals surface area contributed by atoms with Gasteiger partial charge in [0.15, 0.2) is 0 Å². The third kappa shape index (κ3) is 1.71. The van der Waals surface area contributed by atoms with Crippen molar-refractivity contribution in [2.45, 2.75) is 37.8 Å². The lowest BCUT2D eigenvalue weighted by molar-refractivity contribution is -0.144. The second-order valence-corrected chi connectivity index (χ2v) is 4.75. The molecule has 0 spiro atoms. The highest BCUT2D eigenvalue weighted by molar-refractivity contribution is 5.80. The van der Waals surface area contributed by atoms with Gasteiger partial charge in [-0.3, -0.25) is 10.1 Å². The first-order chi connectivity index (χ1) is 7.54. The summed E-state index contributed by atoms with van der Waals surface area (Å²) in [5, 5.41) is 12.5. The van der Waals surface area contributed by atoms with Crippen molar-refractivity contribution in [1.82, 2.24) is 5.32 Å². The molecule has 16 heavy (non-hydrogen) atoms. The molecule has 1 aliphatic rings. The van der Waals surface area contributed by atoms with E-state index in [1.54, 1.807) is 6.92 Å². The largest absolute Gasteiger partial charge is 0.480 e. The van der Waals surface area contributed by atoms with E-state index in [1.165, 1.54) is 0 Å². The van der Waals surface area contributed by atoms with Crippen LogP contribution in [0, 0.1) is 0 Å². The molecule has 3 nitrogen and oxygen atoms in total. The predicted octanol–water partition coefficient (Wildman–Crippen LogP) is 2.00. The van der Waals surface area contributed by atoms with Crippen LogP contribution < -0.4 is 5.32 Å². The second-order valence-electron chi connectivity index (χ2n) is 4.75. The molecule has 3 heteroatoms. The molecule has 0 amide bonds. The van der Waals surface area contributed by atoms with Gasteiger partial charge in [-0.05, 0) is 25.8 Å². The Balaban J connectivity index is 2.37. The van der Waals surface area contributed by atoms with Crippen molar-refractivity contribution in [3.63, 3.8) is 0 Å².